The van der Waals surface area contributed by atoms with E-state index in [2.05, 4.69) is 5.32 Å². The first-order valence-corrected chi connectivity index (χ1v) is 14.2. The Hall–Kier alpha value is -4.34. The van der Waals surface area contributed by atoms with Crippen LogP contribution in [0.4, 0.5) is 0 Å². The number of hydrogen-bond acceptors (Lipinski definition) is 8. The number of benzene rings is 1. The predicted octanol–water partition coefficient (Wildman–Crippen LogP) is 3.58. The third-order valence-corrected chi connectivity index (χ3v) is 8.60. The van der Waals surface area contributed by atoms with Crippen molar-refractivity contribution < 1.29 is 33.3 Å². The summed E-state index contributed by atoms with van der Waals surface area (Å²) in [5.41, 5.74) is 2.85. The molecule has 10 nitrogen and oxygen atoms in total. The summed E-state index contributed by atoms with van der Waals surface area (Å²) < 4.78 is 22.4. The number of ether oxygens (including phenoxy) is 4. The second kappa shape index (κ2) is 12.3. The Balaban J connectivity index is 1.43. The maximum absolute atomic E-state index is 13.6. The monoisotopic (exact) mass is 576 g/mol. The van der Waals surface area contributed by atoms with Crippen molar-refractivity contribution in [3.05, 3.63) is 57.8 Å². The number of rotatable bonds is 8. The van der Waals surface area contributed by atoms with E-state index in [0.717, 1.165) is 29.5 Å². The van der Waals surface area contributed by atoms with Crippen LogP contribution in [0.2, 0.25) is 0 Å². The van der Waals surface area contributed by atoms with E-state index in [9.17, 15) is 19.2 Å². The normalized spacial score (nSPS) is 21.2. The lowest BCUT2D eigenvalue weighted by Gasteiger charge is -2.31. The fourth-order valence-corrected chi connectivity index (χ4v) is 6.38. The molecule has 3 amide bonds. The summed E-state index contributed by atoms with van der Waals surface area (Å²) in [7, 11) is 6.13. The van der Waals surface area contributed by atoms with E-state index >= 15 is 0 Å². The van der Waals surface area contributed by atoms with Gasteiger partial charge in [-0.15, -0.1) is 0 Å². The molecule has 0 bridgehead atoms. The topological polar surface area (TPSA) is 120 Å². The second-order valence-electron chi connectivity index (χ2n) is 10.9. The van der Waals surface area contributed by atoms with E-state index in [4.69, 9.17) is 18.9 Å². The molecule has 222 valence electrons. The smallest absolute Gasteiger partial charge is 0.253 e. The first-order valence-electron chi connectivity index (χ1n) is 14.2. The number of methoxy groups -OCH3 is 4. The lowest BCUT2D eigenvalue weighted by molar-refractivity contribution is -0.138. The highest BCUT2D eigenvalue weighted by molar-refractivity contribution is 6.12. The largest absolute Gasteiger partial charge is 0.493 e. The molecule has 0 spiro atoms. The Morgan fingerprint density at radius 2 is 1.50 bits per heavy atom. The van der Waals surface area contributed by atoms with Crippen molar-refractivity contribution >= 4 is 17.7 Å². The minimum atomic E-state index is -0.435. The maximum Gasteiger partial charge on any atom is 0.253 e. The number of nitrogens with one attached hydrogen (secondary N) is 1. The molecule has 0 aromatic heterocycles. The Bertz CT molecular complexity index is 1470. The van der Waals surface area contributed by atoms with Gasteiger partial charge in [-0.05, 0) is 79.3 Å². The fraction of sp³-hybridized carbons (Fsp3) is 0.438. The molecule has 5 rings (SSSR count). The van der Waals surface area contributed by atoms with E-state index in [1.165, 1.54) is 24.2 Å². The van der Waals surface area contributed by atoms with Crippen molar-refractivity contribution in [2.24, 2.45) is 11.8 Å². The van der Waals surface area contributed by atoms with Gasteiger partial charge < -0.3 is 24.3 Å². The molecule has 3 aliphatic rings. The quantitative estimate of drug-likeness (QED) is 0.474. The minimum absolute atomic E-state index is 0.0709. The molecular weight excluding hydrogens is 540 g/mol. The van der Waals surface area contributed by atoms with E-state index in [1.807, 2.05) is 12.1 Å². The van der Waals surface area contributed by atoms with Crippen LogP contribution in [-0.2, 0) is 20.8 Å². The number of hydrogen-bond donors (Lipinski definition) is 1. The van der Waals surface area contributed by atoms with E-state index < -0.39 is 6.04 Å². The van der Waals surface area contributed by atoms with Crippen LogP contribution in [0.15, 0.2) is 41.2 Å². The first kappa shape index (κ1) is 29.2. The Kier molecular flexibility index (Phi) is 8.51. The van der Waals surface area contributed by atoms with Crippen LogP contribution in [0.1, 0.15) is 49.3 Å². The first-order chi connectivity index (χ1) is 20.3. The molecule has 2 aliphatic carbocycles. The highest BCUT2D eigenvalue weighted by Crippen LogP contribution is 2.50. The van der Waals surface area contributed by atoms with Crippen LogP contribution in [0.5, 0.6) is 23.0 Å². The molecule has 42 heavy (non-hydrogen) atoms. The average molecular weight is 577 g/mol. The van der Waals surface area contributed by atoms with Crippen molar-refractivity contribution in [2.45, 2.75) is 44.6 Å². The van der Waals surface area contributed by atoms with Gasteiger partial charge in [-0.25, -0.2) is 0 Å². The van der Waals surface area contributed by atoms with Crippen molar-refractivity contribution in [1.29, 1.82) is 0 Å². The number of carbonyl (C=O) groups excluding carboxylic acids is 3. The summed E-state index contributed by atoms with van der Waals surface area (Å²) in [5.74, 6) is 0.998. The van der Waals surface area contributed by atoms with Crippen molar-refractivity contribution in [2.75, 3.05) is 35.0 Å². The van der Waals surface area contributed by atoms with Gasteiger partial charge in [0.05, 0.1) is 34.5 Å². The third kappa shape index (κ3) is 5.45. The zero-order valence-electron chi connectivity index (χ0n) is 24.4. The van der Waals surface area contributed by atoms with Gasteiger partial charge in [-0.3, -0.25) is 24.1 Å². The highest BCUT2D eigenvalue weighted by atomic mass is 16.5. The van der Waals surface area contributed by atoms with Gasteiger partial charge in [0.25, 0.3) is 11.8 Å². The highest BCUT2D eigenvalue weighted by Gasteiger charge is 2.34. The molecule has 1 unspecified atom stereocenters. The molecule has 1 heterocycles. The van der Waals surface area contributed by atoms with Gasteiger partial charge in [0.15, 0.2) is 17.2 Å². The number of aryl methyl sites for hydroxylation is 1. The summed E-state index contributed by atoms with van der Waals surface area (Å²) in [6.45, 7) is 0.382. The zero-order chi connectivity index (χ0) is 30.0. The maximum atomic E-state index is 13.6. The molecule has 1 N–H and O–H groups in total. The molecule has 2 aromatic carbocycles. The minimum Gasteiger partial charge on any atom is -0.493 e. The lowest BCUT2D eigenvalue weighted by atomic mass is 9.81. The third-order valence-electron chi connectivity index (χ3n) is 8.60. The van der Waals surface area contributed by atoms with Crippen molar-refractivity contribution in [1.82, 2.24) is 10.2 Å². The van der Waals surface area contributed by atoms with Gasteiger partial charge in [0, 0.05) is 30.2 Å². The van der Waals surface area contributed by atoms with Gasteiger partial charge in [0.2, 0.25) is 17.1 Å². The zero-order valence-corrected chi connectivity index (χ0v) is 24.4. The molecule has 10 heteroatoms. The molecule has 1 saturated carbocycles. The molecule has 0 radical (unpaired) electrons. The Morgan fingerprint density at radius 3 is 2.12 bits per heavy atom. The van der Waals surface area contributed by atoms with Crippen molar-refractivity contribution in [3.63, 3.8) is 0 Å². The summed E-state index contributed by atoms with van der Waals surface area (Å²) >= 11 is 0. The average Bonchev–Trinajstić information content (AvgIpc) is 3.14. The summed E-state index contributed by atoms with van der Waals surface area (Å²) in [6.07, 6.45) is 6.56. The van der Waals surface area contributed by atoms with Gasteiger partial charge in [-0.1, -0.05) is 6.07 Å². The number of nitrogens with zero attached hydrogens (tertiary/aromatic N) is 1. The van der Waals surface area contributed by atoms with Gasteiger partial charge >= 0.3 is 0 Å². The van der Waals surface area contributed by atoms with Crippen LogP contribution >= 0.6 is 0 Å². The van der Waals surface area contributed by atoms with E-state index in [0.29, 0.717) is 55.0 Å². The van der Waals surface area contributed by atoms with E-state index in [1.54, 1.807) is 33.5 Å². The fourth-order valence-electron chi connectivity index (χ4n) is 6.38. The Labute approximate surface area is 244 Å². The molecule has 0 saturated heterocycles. The molecule has 1 aliphatic heterocycles. The number of imide groups is 1. The second-order valence-corrected chi connectivity index (χ2v) is 10.9. The summed E-state index contributed by atoms with van der Waals surface area (Å²) in [5, 5.41) is 3.24. The lowest BCUT2D eigenvalue weighted by Crippen LogP contribution is -2.39. The molecule has 1 atom stereocenters. The summed E-state index contributed by atoms with van der Waals surface area (Å²) in [4.78, 5) is 51.9. The van der Waals surface area contributed by atoms with Crippen LogP contribution in [0.3, 0.4) is 0 Å². The number of amides is 3. The van der Waals surface area contributed by atoms with Gasteiger partial charge in [0.1, 0.15) is 0 Å². The summed E-state index contributed by atoms with van der Waals surface area (Å²) in [6, 6.07) is 6.49. The number of fused-ring (bicyclic) bond motifs is 3. The van der Waals surface area contributed by atoms with Crippen LogP contribution in [0.25, 0.3) is 11.1 Å². The van der Waals surface area contributed by atoms with Crippen LogP contribution < -0.4 is 29.7 Å². The van der Waals surface area contributed by atoms with Crippen molar-refractivity contribution in [3.8, 4) is 34.1 Å². The molecule has 2 aromatic rings. The standard InChI is InChI=1S/C32H36N2O8/c1-39-25-12-10-21-22(16-24(25)35)23(11-9-20-15-26(40-2)30(41-3)31(42-4)29(20)21)33-32(38)19-7-5-18(6-8-19)17-34-27(36)13-14-28(34)37/h10,12-16,18-19,23H,5-9,11,17H2,1-4H3,(H,33,38). The number of carbonyl (C=O) groups is 3. The van der Waals surface area contributed by atoms with Crippen LogP contribution in [0, 0.1) is 11.8 Å². The molecule has 1 fully saturated rings. The van der Waals surface area contributed by atoms with E-state index in [-0.39, 0.29) is 40.7 Å². The Morgan fingerprint density at radius 1 is 0.833 bits per heavy atom. The SMILES string of the molecule is COc1cc2c(c(OC)c1OC)-c1ccc(OC)c(=O)cc1C(NC(=O)C1CCC(CN3C(=O)C=CC3=O)CC1)CC2. The molecular formula is C32H36N2O8. The van der Waals surface area contributed by atoms with Gasteiger partial charge in [-0.2, -0.15) is 0 Å². The predicted molar refractivity (Wildman–Crippen MR) is 155 cm³/mol. The van der Waals surface area contributed by atoms with Crippen LogP contribution in [-0.4, -0.2) is 57.6 Å².